The van der Waals surface area contributed by atoms with Gasteiger partial charge in [0.1, 0.15) is 0 Å². The predicted octanol–water partition coefficient (Wildman–Crippen LogP) is 1.82. The summed E-state index contributed by atoms with van der Waals surface area (Å²) in [5, 5.41) is 9.30. The van der Waals surface area contributed by atoms with Crippen molar-refractivity contribution in [2.75, 3.05) is 0 Å². The first-order valence-corrected chi connectivity index (χ1v) is 4.86. The summed E-state index contributed by atoms with van der Waals surface area (Å²) in [6, 6.07) is 0. The lowest BCUT2D eigenvalue weighted by Crippen LogP contribution is -2.20. The minimum absolute atomic E-state index is 0.243. The van der Waals surface area contributed by atoms with E-state index in [9.17, 15) is 5.11 Å². The predicted molar refractivity (Wildman–Crippen MR) is 49.0 cm³/mol. The van der Waals surface area contributed by atoms with Crippen LogP contribution in [-0.2, 0) is 4.74 Å². The fourth-order valence-corrected chi connectivity index (χ4v) is 1.55. The molecule has 1 aliphatic heterocycles. The molecule has 0 aromatic rings. The molecule has 1 heterocycles. The largest absolute Gasteiger partial charge is 0.393 e. The monoisotopic (exact) mass is 172 g/mol. The van der Waals surface area contributed by atoms with Crippen molar-refractivity contribution in [3.8, 4) is 0 Å². The molecule has 2 heteroatoms. The molecule has 0 aromatic heterocycles. The molecular weight excluding hydrogens is 152 g/mol. The Morgan fingerprint density at radius 3 is 2.25 bits per heavy atom. The molecule has 72 valence electrons. The van der Waals surface area contributed by atoms with Crippen molar-refractivity contribution < 1.29 is 9.84 Å². The lowest BCUT2D eigenvalue weighted by atomic mass is 9.96. The van der Waals surface area contributed by atoms with Crippen LogP contribution in [0.25, 0.3) is 0 Å². The maximum absolute atomic E-state index is 9.30. The zero-order chi connectivity index (χ0) is 9.30. The van der Waals surface area contributed by atoms with Crippen LogP contribution in [0, 0.1) is 11.8 Å². The molecule has 0 radical (unpaired) electrons. The van der Waals surface area contributed by atoms with Crippen molar-refractivity contribution in [2.24, 2.45) is 11.8 Å². The Labute approximate surface area is 74.9 Å². The maximum atomic E-state index is 9.30. The third-order valence-corrected chi connectivity index (χ3v) is 2.60. The van der Waals surface area contributed by atoms with Gasteiger partial charge in [0.2, 0.25) is 0 Å². The van der Waals surface area contributed by atoms with Gasteiger partial charge >= 0.3 is 0 Å². The molecule has 1 aliphatic rings. The second-order valence-electron chi connectivity index (χ2n) is 4.37. The van der Waals surface area contributed by atoms with Crippen molar-refractivity contribution in [1.82, 2.24) is 0 Å². The van der Waals surface area contributed by atoms with Crippen LogP contribution in [0.1, 0.15) is 34.1 Å². The van der Waals surface area contributed by atoms with E-state index in [1.54, 1.807) is 0 Å². The summed E-state index contributed by atoms with van der Waals surface area (Å²) in [5.74, 6) is 0.981. The Morgan fingerprint density at radius 2 is 1.83 bits per heavy atom. The molecule has 1 N–H and O–H groups in total. The van der Waals surface area contributed by atoms with Gasteiger partial charge in [-0.05, 0) is 19.3 Å². The van der Waals surface area contributed by atoms with E-state index in [4.69, 9.17) is 4.74 Å². The number of hydrogen-bond acceptors (Lipinski definition) is 2. The molecule has 0 spiro atoms. The fourth-order valence-electron chi connectivity index (χ4n) is 1.55. The Hall–Kier alpha value is -0.0800. The molecule has 1 saturated heterocycles. The summed E-state index contributed by atoms with van der Waals surface area (Å²) in [5.41, 5.74) is 0. The molecule has 12 heavy (non-hydrogen) atoms. The summed E-state index contributed by atoms with van der Waals surface area (Å²) in [7, 11) is 0. The minimum atomic E-state index is -0.243. The topological polar surface area (TPSA) is 32.8 Å². The van der Waals surface area contributed by atoms with Crippen LogP contribution >= 0.6 is 0 Å². The zero-order valence-electron chi connectivity index (χ0n) is 8.45. The lowest BCUT2D eigenvalue weighted by Gasteiger charge is -2.11. The van der Waals surface area contributed by atoms with E-state index in [0.717, 1.165) is 6.42 Å². The molecule has 1 fully saturated rings. The van der Waals surface area contributed by atoms with Gasteiger partial charge in [-0.3, -0.25) is 0 Å². The number of hydrogen-bond donors (Lipinski definition) is 1. The van der Waals surface area contributed by atoms with Gasteiger partial charge < -0.3 is 9.84 Å². The second kappa shape index (κ2) is 3.75. The summed E-state index contributed by atoms with van der Waals surface area (Å²) >= 11 is 0. The highest BCUT2D eigenvalue weighted by Gasteiger charge is 2.44. The molecule has 1 rings (SSSR count). The SMILES string of the molecule is CC(C)C[C@@H]1O[C@H]1[C@H](C)[C@H](C)O. The minimum Gasteiger partial charge on any atom is -0.393 e. The molecule has 0 unspecified atom stereocenters. The van der Waals surface area contributed by atoms with Crippen LogP contribution in [0.3, 0.4) is 0 Å². The van der Waals surface area contributed by atoms with Crippen molar-refractivity contribution in [3.63, 3.8) is 0 Å². The third-order valence-electron chi connectivity index (χ3n) is 2.60. The van der Waals surface area contributed by atoms with Crippen molar-refractivity contribution >= 4 is 0 Å². The highest BCUT2D eigenvalue weighted by molar-refractivity contribution is 4.90. The fraction of sp³-hybridized carbons (Fsp3) is 1.00. The van der Waals surface area contributed by atoms with Gasteiger partial charge in [0.25, 0.3) is 0 Å². The number of ether oxygens (including phenoxy) is 1. The average molecular weight is 172 g/mol. The molecule has 0 aromatic carbocycles. The van der Waals surface area contributed by atoms with E-state index in [0.29, 0.717) is 18.1 Å². The van der Waals surface area contributed by atoms with Gasteiger partial charge in [-0.25, -0.2) is 0 Å². The van der Waals surface area contributed by atoms with E-state index in [2.05, 4.69) is 20.8 Å². The molecule has 4 atom stereocenters. The van der Waals surface area contributed by atoms with Crippen LogP contribution in [0.2, 0.25) is 0 Å². The molecule has 0 bridgehead atoms. The van der Waals surface area contributed by atoms with E-state index >= 15 is 0 Å². The van der Waals surface area contributed by atoms with Crippen LogP contribution in [-0.4, -0.2) is 23.4 Å². The Morgan fingerprint density at radius 1 is 1.25 bits per heavy atom. The number of rotatable bonds is 4. The zero-order valence-corrected chi connectivity index (χ0v) is 8.45. The normalized spacial score (nSPS) is 33.5. The summed E-state index contributed by atoms with van der Waals surface area (Å²) in [6.45, 7) is 8.28. The van der Waals surface area contributed by atoms with E-state index < -0.39 is 0 Å². The maximum Gasteiger partial charge on any atom is 0.0891 e. The quantitative estimate of drug-likeness (QED) is 0.656. The summed E-state index contributed by atoms with van der Waals surface area (Å²) < 4.78 is 5.49. The number of epoxide rings is 1. The lowest BCUT2D eigenvalue weighted by molar-refractivity contribution is 0.115. The van der Waals surface area contributed by atoms with E-state index in [1.165, 1.54) is 0 Å². The van der Waals surface area contributed by atoms with Gasteiger partial charge in [0.05, 0.1) is 18.3 Å². The molecule has 0 saturated carbocycles. The molecule has 2 nitrogen and oxygen atoms in total. The van der Waals surface area contributed by atoms with Crippen molar-refractivity contribution in [1.29, 1.82) is 0 Å². The Balaban J connectivity index is 2.23. The van der Waals surface area contributed by atoms with Crippen LogP contribution in [0.5, 0.6) is 0 Å². The van der Waals surface area contributed by atoms with Crippen molar-refractivity contribution in [3.05, 3.63) is 0 Å². The summed E-state index contributed by atoms with van der Waals surface area (Å²) in [6.07, 6.45) is 1.61. The second-order valence-corrected chi connectivity index (χ2v) is 4.37. The van der Waals surface area contributed by atoms with Crippen molar-refractivity contribution in [2.45, 2.75) is 52.4 Å². The smallest absolute Gasteiger partial charge is 0.0891 e. The number of aliphatic hydroxyl groups is 1. The first kappa shape index (κ1) is 10.0. The van der Waals surface area contributed by atoms with Gasteiger partial charge in [0, 0.05) is 5.92 Å². The van der Waals surface area contributed by atoms with Crippen LogP contribution in [0.4, 0.5) is 0 Å². The molecule has 0 aliphatic carbocycles. The Bertz CT molecular complexity index is 143. The van der Waals surface area contributed by atoms with Gasteiger partial charge in [-0.15, -0.1) is 0 Å². The average Bonchev–Trinajstić information content (AvgIpc) is 2.64. The first-order chi connectivity index (χ1) is 5.52. The highest BCUT2D eigenvalue weighted by atomic mass is 16.6. The Kier molecular flexibility index (Phi) is 3.13. The number of aliphatic hydroxyl groups excluding tert-OH is 1. The first-order valence-electron chi connectivity index (χ1n) is 4.86. The highest BCUT2D eigenvalue weighted by Crippen LogP contribution is 2.35. The molecule has 0 amide bonds. The van der Waals surface area contributed by atoms with Gasteiger partial charge in [-0.2, -0.15) is 0 Å². The van der Waals surface area contributed by atoms with E-state index in [-0.39, 0.29) is 12.0 Å². The van der Waals surface area contributed by atoms with Gasteiger partial charge in [-0.1, -0.05) is 20.8 Å². The van der Waals surface area contributed by atoms with Gasteiger partial charge in [0.15, 0.2) is 0 Å². The van der Waals surface area contributed by atoms with E-state index in [1.807, 2.05) is 6.92 Å². The summed E-state index contributed by atoms with van der Waals surface area (Å²) in [4.78, 5) is 0. The standard InChI is InChI=1S/C10H20O2/c1-6(2)5-9-10(12-9)7(3)8(4)11/h6-11H,5H2,1-4H3/t7-,8+,9+,10+/m1/s1. The van der Waals surface area contributed by atoms with Crippen LogP contribution < -0.4 is 0 Å². The molecular formula is C10H20O2. The van der Waals surface area contributed by atoms with Crippen LogP contribution in [0.15, 0.2) is 0 Å². The third kappa shape index (κ3) is 2.46.